The van der Waals surface area contributed by atoms with Crippen molar-refractivity contribution in [2.24, 2.45) is 11.7 Å². The van der Waals surface area contributed by atoms with Crippen molar-refractivity contribution in [2.75, 3.05) is 30.8 Å². The molecule has 1 aliphatic heterocycles. The van der Waals surface area contributed by atoms with E-state index in [4.69, 9.17) is 27.6 Å². The van der Waals surface area contributed by atoms with Crippen molar-refractivity contribution in [1.29, 1.82) is 5.26 Å². The number of piperidine rings is 1. The van der Waals surface area contributed by atoms with E-state index in [1.165, 1.54) is 6.07 Å². The van der Waals surface area contributed by atoms with Gasteiger partial charge in [-0.3, -0.25) is 9.36 Å². The summed E-state index contributed by atoms with van der Waals surface area (Å²) >= 11 is 6.32. The van der Waals surface area contributed by atoms with Crippen LogP contribution in [0.3, 0.4) is 0 Å². The molecule has 5 rings (SSSR count). The molecule has 3 aromatic rings. The molecule has 0 unspecified atom stereocenters. The molecular weight excluding hydrogens is 539 g/mol. The average molecular weight is 569 g/mol. The van der Waals surface area contributed by atoms with E-state index in [0.717, 1.165) is 18.9 Å². The van der Waals surface area contributed by atoms with E-state index in [2.05, 4.69) is 25.9 Å². The van der Waals surface area contributed by atoms with E-state index in [9.17, 15) is 14.0 Å². The summed E-state index contributed by atoms with van der Waals surface area (Å²) < 4.78 is 16.8. The summed E-state index contributed by atoms with van der Waals surface area (Å²) in [6.45, 7) is 1.20. The fraction of sp³-hybridized carbons (Fsp3) is 0.462. The Morgan fingerprint density at radius 2 is 1.98 bits per heavy atom. The minimum Gasteiger partial charge on any atom is -0.369 e. The third-order valence-electron chi connectivity index (χ3n) is 7.56. The first kappa shape index (κ1) is 27.4. The number of nitrogens with one attached hydrogen (secondary N) is 3. The topological polar surface area (TPSA) is 167 Å². The second kappa shape index (κ2) is 11.5. The van der Waals surface area contributed by atoms with E-state index in [1.54, 1.807) is 18.1 Å². The van der Waals surface area contributed by atoms with E-state index in [0.29, 0.717) is 61.8 Å². The van der Waals surface area contributed by atoms with Gasteiger partial charge in [0.25, 0.3) is 0 Å². The molecule has 0 spiro atoms. The normalized spacial score (nSPS) is 21.1. The van der Waals surface area contributed by atoms with Gasteiger partial charge in [0.1, 0.15) is 11.3 Å². The number of rotatable bonds is 6. The number of likely N-dealkylation sites (tertiary alicyclic amines) is 1. The number of primary amides is 1. The van der Waals surface area contributed by atoms with Crippen LogP contribution in [0.4, 0.5) is 26.8 Å². The molecule has 0 bridgehead atoms. The van der Waals surface area contributed by atoms with Crippen LogP contribution in [0.5, 0.6) is 0 Å². The molecule has 3 amide bonds. The second-order valence-corrected chi connectivity index (χ2v) is 10.6. The predicted octanol–water partition coefficient (Wildman–Crippen LogP) is 3.67. The zero-order chi connectivity index (χ0) is 28.4. The first-order valence-corrected chi connectivity index (χ1v) is 13.6. The summed E-state index contributed by atoms with van der Waals surface area (Å²) in [5, 5.41) is 18.2. The highest BCUT2D eigenvalue weighted by molar-refractivity contribution is 6.33. The van der Waals surface area contributed by atoms with Gasteiger partial charge in [-0.25, -0.2) is 19.2 Å². The highest BCUT2D eigenvalue weighted by atomic mass is 35.5. The number of halogens is 2. The molecule has 2 fully saturated rings. The van der Waals surface area contributed by atoms with Gasteiger partial charge in [-0.15, -0.1) is 0 Å². The fourth-order valence-corrected chi connectivity index (χ4v) is 5.76. The van der Waals surface area contributed by atoms with Gasteiger partial charge in [-0.2, -0.15) is 10.2 Å². The van der Waals surface area contributed by atoms with Crippen molar-refractivity contribution >= 4 is 52.3 Å². The van der Waals surface area contributed by atoms with Crippen LogP contribution in [-0.2, 0) is 4.79 Å². The summed E-state index contributed by atoms with van der Waals surface area (Å²) in [5.41, 5.74) is 6.67. The van der Waals surface area contributed by atoms with E-state index >= 15 is 0 Å². The number of carbonyl (C=O) groups is 2. The number of urea groups is 1. The van der Waals surface area contributed by atoms with Gasteiger partial charge in [0.05, 0.1) is 28.5 Å². The number of amides is 3. The average Bonchev–Trinajstić information content (AvgIpc) is 3.31. The zero-order valence-corrected chi connectivity index (χ0v) is 22.7. The minimum atomic E-state index is -0.688. The Bertz CT molecular complexity index is 1460. The molecule has 2 aliphatic rings. The molecule has 1 aromatic carbocycles. The molecule has 1 atom stereocenters. The minimum absolute atomic E-state index is 0.00847. The van der Waals surface area contributed by atoms with Gasteiger partial charge in [0.15, 0.2) is 5.65 Å². The van der Waals surface area contributed by atoms with E-state index in [-0.39, 0.29) is 46.2 Å². The van der Waals surface area contributed by atoms with Crippen LogP contribution in [0.25, 0.3) is 11.2 Å². The quantitative estimate of drug-likeness (QED) is 0.349. The van der Waals surface area contributed by atoms with Gasteiger partial charge in [-0.05, 0) is 50.7 Å². The number of anilines is 3. The number of nitrogens with zero attached hydrogens (tertiary/aromatic N) is 6. The van der Waals surface area contributed by atoms with Crippen molar-refractivity contribution in [3.05, 3.63) is 34.7 Å². The van der Waals surface area contributed by atoms with Gasteiger partial charge in [-0.1, -0.05) is 11.6 Å². The number of fused-ring (bicyclic) bond motifs is 1. The lowest BCUT2D eigenvalue weighted by atomic mass is 9.85. The van der Waals surface area contributed by atoms with Gasteiger partial charge < -0.3 is 26.6 Å². The number of aromatic nitrogens is 4. The molecule has 210 valence electrons. The Labute approximate surface area is 235 Å². The Morgan fingerprint density at radius 1 is 1.20 bits per heavy atom. The molecule has 12 nitrogen and oxygen atoms in total. The number of benzene rings is 1. The van der Waals surface area contributed by atoms with Crippen molar-refractivity contribution in [3.8, 4) is 6.07 Å². The lowest BCUT2D eigenvalue weighted by Gasteiger charge is -2.32. The monoisotopic (exact) mass is 568 g/mol. The summed E-state index contributed by atoms with van der Waals surface area (Å²) in [6.07, 6.45) is 5.81. The standard InChI is InChI=1S/C26H30ClFN10O2/c1-31-26(40)37-8-2-3-16(13-37)33-24-32-12-20-23(36-24)38(17-6-4-15(5-7-17)22(30)39)25(34-20)35-21-18(27)9-14(11-29)10-19(21)28/h9-10,12,15-17H,2-8,13H2,1H3,(H2,30,39)(H,31,40)(H,34,35)(H,32,33,36)/t15?,16-,17?/m1/s1. The highest BCUT2D eigenvalue weighted by Gasteiger charge is 2.30. The Balaban J connectivity index is 1.49. The molecular formula is C26H30ClFN10O2. The highest BCUT2D eigenvalue weighted by Crippen LogP contribution is 2.38. The van der Waals surface area contributed by atoms with Gasteiger partial charge >= 0.3 is 6.03 Å². The second-order valence-electron chi connectivity index (χ2n) is 10.2. The number of nitrogens with two attached hydrogens (primary N) is 1. The largest absolute Gasteiger partial charge is 0.369 e. The molecule has 2 aromatic heterocycles. The number of nitriles is 1. The van der Waals surface area contributed by atoms with Crippen molar-refractivity contribution < 1.29 is 14.0 Å². The smallest absolute Gasteiger partial charge is 0.317 e. The van der Waals surface area contributed by atoms with Crippen LogP contribution in [0, 0.1) is 23.1 Å². The first-order valence-electron chi connectivity index (χ1n) is 13.2. The molecule has 5 N–H and O–H groups in total. The van der Waals surface area contributed by atoms with Crippen LogP contribution in [0.15, 0.2) is 18.3 Å². The molecule has 14 heteroatoms. The molecule has 1 aliphatic carbocycles. The lowest BCUT2D eigenvalue weighted by molar-refractivity contribution is -0.122. The van der Waals surface area contributed by atoms with Crippen LogP contribution in [-0.4, -0.2) is 62.5 Å². The maximum absolute atomic E-state index is 14.9. The summed E-state index contributed by atoms with van der Waals surface area (Å²) in [4.78, 5) is 39.5. The molecule has 1 saturated heterocycles. The number of imidazole rings is 1. The predicted molar refractivity (Wildman–Crippen MR) is 148 cm³/mol. The van der Waals surface area contributed by atoms with Crippen molar-refractivity contribution in [2.45, 2.75) is 50.6 Å². The van der Waals surface area contributed by atoms with Crippen LogP contribution in [0.1, 0.15) is 50.1 Å². The Hall–Kier alpha value is -4.18. The molecule has 40 heavy (non-hydrogen) atoms. The number of hydrogen-bond donors (Lipinski definition) is 4. The van der Waals surface area contributed by atoms with Crippen molar-refractivity contribution in [1.82, 2.24) is 29.7 Å². The third kappa shape index (κ3) is 5.58. The summed E-state index contributed by atoms with van der Waals surface area (Å²) in [5.74, 6) is -0.498. The fourth-order valence-electron chi connectivity index (χ4n) is 5.50. The molecule has 0 radical (unpaired) electrons. The van der Waals surface area contributed by atoms with Crippen LogP contribution >= 0.6 is 11.6 Å². The van der Waals surface area contributed by atoms with Crippen LogP contribution in [0.2, 0.25) is 5.02 Å². The molecule has 1 saturated carbocycles. The maximum atomic E-state index is 14.9. The number of carbonyl (C=O) groups excluding carboxylic acids is 2. The van der Waals surface area contributed by atoms with Crippen LogP contribution < -0.4 is 21.7 Å². The number of hydrogen-bond acceptors (Lipinski definition) is 8. The first-order chi connectivity index (χ1) is 19.3. The Kier molecular flexibility index (Phi) is 7.88. The SMILES string of the molecule is CNC(=O)N1CCC[C@@H](Nc2ncc3nc(Nc4c(F)cc(C#N)cc4Cl)n(C4CCC(C(N)=O)CC4)c3n2)C1. The third-order valence-corrected chi connectivity index (χ3v) is 7.86. The van der Waals surface area contributed by atoms with E-state index < -0.39 is 5.82 Å². The van der Waals surface area contributed by atoms with Crippen molar-refractivity contribution in [3.63, 3.8) is 0 Å². The summed E-state index contributed by atoms with van der Waals surface area (Å²) in [6, 6.07) is 4.12. The molecule has 3 heterocycles. The lowest BCUT2D eigenvalue weighted by Crippen LogP contribution is -2.48. The zero-order valence-electron chi connectivity index (χ0n) is 22.0. The van der Waals surface area contributed by atoms with Gasteiger partial charge in [0.2, 0.25) is 17.8 Å². The van der Waals surface area contributed by atoms with E-state index in [1.807, 2.05) is 10.6 Å². The maximum Gasteiger partial charge on any atom is 0.317 e. The Morgan fingerprint density at radius 3 is 2.65 bits per heavy atom. The van der Waals surface area contributed by atoms with Gasteiger partial charge in [0, 0.05) is 38.1 Å². The summed E-state index contributed by atoms with van der Waals surface area (Å²) in [7, 11) is 1.61.